The summed E-state index contributed by atoms with van der Waals surface area (Å²) in [5, 5.41) is 3.03. The Labute approximate surface area is 223 Å². The van der Waals surface area contributed by atoms with Crippen molar-refractivity contribution < 1.29 is 9.53 Å². The average Bonchev–Trinajstić information content (AvgIpc) is 3.34. The zero-order valence-electron chi connectivity index (χ0n) is 23.4. The van der Waals surface area contributed by atoms with Gasteiger partial charge in [-0.25, -0.2) is 0 Å². The predicted molar refractivity (Wildman–Crippen MR) is 154 cm³/mol. The Morgan fingerprint density at radius 2 is 1.43 bits per heavy atom. The standard InChI is InChI=1S/C33H42N2O2/c1-7-20-32(4,5)35-22-25-11-10-24(21-26(25)23-35)31(36)34-28-14-18-30(19-15-28)37-29-16-12-27(13-17-29)33(6,8-2)9-3/h10-19,21H,7-9,20,22-23H2,1-6H3,(H,34,36). The Morgan fingerprint density at radius 1 is 0.838 bits per heavy atom. The van der Waals surface area contributed by atoms with Crippen LogP contribution in [0.2, 0.25) is 0 Å². The Bertz CT molecular complexity index is 1210. The van der Waals surface area contributed by atoms with Crippen LogP contribution in [0.1, 0.15) is 94.3 Å². The van der Waals surface area contributed by atoms with Gasteiger partial charge in [0.1, 0.15) is 11.5 Å². The molecule has 3 aromatic rings. The minimum atomic E-state index is -0.0896. The third kappa shape index (κ3) is 6.07. The number of fused-ring (bicyclic) bond motifs is 1. The summed E-state index contributed by atoms with van der Waals surface area (Å²) >= 11 is 0. The van der Waals surface area contributed by atoms with E-state index in [1.807, 2.05) is 42.5 Å². The molecule has 4 heteroatoms. The van der Waals surface area contributed by atoms with Crippen LogP contribution in [0.5, 0.6) is 11.5 Å². The second-order valence-corrected chi connectivity index (χ2v) is 11.3. The molecular weight excluding hydrogens is 456 g/mol. The second kappa shape index (κ2) is 11.1. The molecule has 4 nitrogen and oxygen atoms in total. The molecule has 0 atom stereocenters. The highest BCUT2D eigenvalue weighted by Gasteiger charge is 2.31. The van der Waals surface area contributed by atoms with E-state index in [0.717, 1.165) is 49.5 Å². The molecule has 1 aliphatic rings. The summed E-state index contributed by atoms with van der Waals surface area (Å²) in [6.07, 6.45) is 4.55. The lowest BCUT2D eigenvalue weighted by Crippen LogP contribution is -2.39. The molecule has 1 heterocycles. The minimum Gasteiger partial charge on any atom is -0.457 e. The van der Waals surface area contributed by atoms with E-state index in [2.05, 4.69) is 76.0 Å². The van der Waals surface area contributed by atoms with Crippen LogP contribution in [0.4, 0.5) is 5.69 Å². The number of nitrogens with one attached hydrogen (secondary N) is 1. The van der Waals surface area contributed by atoms with E-state index in [1.165, 1.54) is 23.1 Å². The lowest BCUT2D eigenvalue weighted by Gasteiger charge is -2.35. The molecular formula is C33H42N2O2. The van der Waals surface area contributed by atoms with Gasteiger partial charge in [-0.2, -0.15) is 0 Å². The molecule has 1 N–H and O–H groups in total. The second-order valence-electron chi connectivity index (χ2n) is 11.3. The Balaban J connectivity index is 1.37. The van der Waals surface area contributed by atoms with E-state index in [1.54, 1.807) is 0 Å². The van der Waals surface area contributed by atoms with Gasteiger partial charge in [0, 0.05) is 29.9 Å². The van der Waals surface area contributed by atoms with Gasteiger partial charge < -0.3 is 10.1 Å². The predicted octanol–water partition coefficient (Wildman–Crippen LogP) is 8.70. The van der Waals surface area contributed by atoms with Gasteiger partial charge in [-0.15, -0.1) is 0 Å². The maximum absolute atomic E-state index is 13.0. The first-order valence-electron chi connectivity index (χ1n) is 13.7. The summed E-state index contributed by atoms with van der Waals surface area (Å²) in [4.78, 5) is 15.5. The third-order valence-electron chi connectivity index (χ3n) is 8.37. The van der Waals surface area contributed by atoms with E-state index in [4.69, 9.17) is 4.74 Å². The molecule has 0 saturated heterocycles. The quantitative estimate of drug-likeness (QED) is 0.304. The summed E-state index contributed by atoms with van der Waals surface area (Å²) in [6.45, 7) is 15.5. The number of hydrogen-bond donors (Lipinski definition) is 1. The number of carbonyl (C=O) groups is 1. The normalized spacial score (nSPS) is 13.9. The van der Waals surface area contributed by atoms with Crippen LogP contribution in [0.25, 0.3) is 0 Å². The van der Waals surface area contributed by atoms with E-state index >= 15 is 0 Å². The molecule has 196 valence electrons. The van der Waals surface area contributed by atoms with E-state index < -0.39 is 0 Å². The zero-order valence-corrected chi connectivity index (χ0v) is 23.4. The number of anilines is 1. The maximum atomic E-state index is 13.0. The van der Waals surface area contributed by atoms with E-state index in [-0.39, 0.29) is 16.9 Å². The van der Waals surface area contributed by atoms with Crippen LogP contribution in [0.3, 0.4) is 0 Å². The minimum absolute atomic E-state index is 0.0896. The number of amides is 1. The van der Waals surface area contributed by atoms with Crippen LogP contribution in [-0.4, -0.2) is 16.3 Å². The molecule has 0 fully saturated rings. The first-order valence-corrected chi connectivity index (χ1v) is 13.7. The number of rotatable bonds is 10. The first kappa shape index (κ1) is 26.9. The summed E-state index contributed by atoms with van der Waals surface area (Å²) in [5.74, 6) is 1.46. The van der Waals surface area contributed by atoms with Crippen LogP contribution in [0.15, 0.2) is 66.7 Å². The lowest BCUT2D eigenvalue weighted by molar-refractivity contribution is 0.102. The third-order valence-corrected chi connectivity index (χ3v) is 8.37. The molecule has 0 aromatic heterocycles. The zero-order chi connectivity index (χ0) is 26.6. The molecule has 37 heavy (non-hydrogen) atoms. The fourth-order valence-corrected chi connectivity index (χ4v) is 5.26. The highest BCUT2D eigenvalue weighted by atomic mass is 16.5. The Hall–Kier alpha value is -3.11. The summed E-state index contributed by atoms with van der Waals surface area (Å²) in [5.41, 5.74) is 5.72. The molecule has 0 unspecified atom stereocenters. The highest BCUT2D eigenvalue weighted by molar-refractivity contribution is 6.04. The topological polar surface area (TPSA) is 41.6 Å². The van der Waals surface area contributed by atoms with Gasteiger partial charge in [0.2, 0.25) is 0 Å². The van der Waals surface area contributed by atoms with Gasteiger partial charge in [0.25, 0.3) is 5.91 Å². The monoisotopic (exact) mass is 498 g/mol. The van der Waals surface area contributed by atoms with Crippen molar-refractivity contribution in [3.05, 3.63) is 89.0 Å². The smallest absolute Gasteiger partial charge is 0.255 e. The average molecular weight is 499 g/mol. The Kier molecular flexibility index (Phi) is 8.08. The molecule has 0 saturated carbocycles. The molecule has 1 aliphatic heterocycles. The van der Waals surface area contributed by atoms with E-state index in [0.29, 0.717) is 5.56 Å². The number of carbonyl (C=O) groups excluding carboxylic acids is 1. The van der Waals surface area contributed by atoms with Crippen molar-refractivity contribution in [3.8, 4) is 11.5 Å². The van der Waals surface area contributed by atoms with Crippen LogP contribution in [-0.2, 0) is 18.5 Å². The van der Waals surface area contributed by atoms with Crippen LogP contribution >= 0.6 is 0 Å². The summed E-state index contributed by atoms with van der Waals surface area (Å²) in [6, 6.07) is 22.0. The molecule has 1 amide bonds. The van der Waals surface area contributed by atoms with Crippen molar-refractivity contribution in [2.75, 3.05) is 5.32 Å². The van der Waals surface area contributed by atoms with Crippen molar-refractivity contribution in [3.63, 3.8) is 0 Å². The van der Waals surface area contributed by atoms with Gasteiger partial charge in [-0.05, 0) is 104 Å². The molecule has 3 aromatic carbocycles. The van der Waals surface area contributed by atoms with Crippen molar-refractivity contribution in [1.82, 2.24) is 4.90 Å². The molecule has 0 bridgehead atoms. The van der Waals surface area contributed by atoms with Crippen molar-refractivity contribution in [2.45, 2.75) is 91.3 Å². The molecule has 0 aliphatic carbocycles. The van der Waals surface area contributed by atoms with Crippen molar-refractivity contribution in [1.29, 1.82) is 0 Å². The van der Waals surface area contributed by atoms with Gasteiger partial charge in [-0.1, -0.05) is 52.3 Å². The van der Waals surface area contributed by atoms with Gasteiger partial charge in [0.05, 0.1) is 0 Å². The number of benzene rings is 3. The van der Waals surface area contributed by atoms with Gasteiger partial charge >= 0.3 is 0 Å². The SMILES string of the molecule is CCCC(C)(C)N1Cc2ccc(C(=O)Nc3ccc(Oc4ccc(C(C)(CC)CC)cc4)cc3)cc2C1. The number of hydrogen-bond acceptors (Lipinski definition) is 3. The van der Waals surface area contributed by atoms with Crippen molar-refractivity contribution >= 4 is 11.6 Å². The Morgan fingerprint density at radius 3 is 2.03 bits per heavy atom. The van der Waals surface area contributed by atoms with Crippen LogP contribution in [0, 0.1) is 0 Å². The summed E-state index contributed by atoms with van der Waals surface area (Å²) < 4.78 is 6.05. The molecule has 0 spiro atoms. The summed E-state index contributed by atoms with van der Waals surface area (Å²) in [7, 11) is 0. The highest BCUT2D eigenvalue weighted by Crippen LogP contribution is 2.34. The van der Waals surface area contributed by atoms with Gasteiger partial charge in [0.15, 0.2) is 0 Å². The van der Waals surface area contributed by atoms with Crippen molar-refractivity contribution in [2.24, 2.45) is 0 Å². The molecule has 0 radical (unpaired) electrons. The largest absolute Gasteiger partial charge is 0.457 e. The molecule has 4 rings (SSSR count). The fraction of sp³-hybridized carbons (Fsp3) is 0.424. The van der Waals surface area contributed by atoms with E-state index in [9.17, 15) is 4.79 Å². The number of nitrogens with zero attached hydrogens (tertiary/aromatic N) is 1. The maximum Gasteiger partial charge on any atom is 0.255 e. The number of ether oxygens (including phenoxy) is 1. The fourth-order valence-electron chi connectivity index (χ4n) is 5.26. The van der Waals surface area contributed by atoms with Crippen LogP contribution < -0.4 is 10.1 Å². The first-order chi connectivity index (χ1) is 17.7. The van der Waals surface area contributed by atoms with Gasteiger partial charge in [-0.3, -0.25) is 9.69 Å². The lowest BCUT2D eigenvalue weighted by atomic mass is 9.78.